The standard InChI is InChI=1S/C23H29ClN2O3/c1-4-25(5-2)18-7-6-8-19(14-18)29-16-20-15-26(11-12-28-20)23(27)21-13-17(3)9-10-22(21)24/h6-10,13-14,20H,4-5,11-12,15-16H2,1-3H3. The molecule has 1 aliphatic heterocycles. The third kappa shape index (κ3) is 5.43. The third-order valence-corrected chi connectivity index (χ3v) is 5.49. The molecule has 1 unspecified atom stereocenters. The second-order valence-corrected chi connectivity index (χ2v) is 7.62. The minimum Gasteiger partial charge on any atom is -0.491 e. The lowest BCUT2D eigenvalue weighted by Crippen LogP contribution is -2.47. The zero-order chi connectivity index (χ0) is 20.8. The average molecular weight is 417 g/mol. The molecule has 0 bridgehead atoms. The highest BCUT2D eigenvalue weighted by atomic mass is 35.5. The summed E-state index contributed by atoms with van der Waals surface area (Å²) >= 11 is 6.24. The van der Waals surface area contributed by atoms with Crippen LogP contribution in [0.4, 0.5) is 5.69 Å². The van der Waals surface area contributed by atoms with Crippen molar-refractivity contribution in [2.75, 3.05) is 44.3 Å². The van der Waals surface area contributed by atoms with Gasteiger partial charge in [0.05, 0.1) is 23.7 Å². The number of nitrogens with zero attached hydrogens (tertiary/aromatic N) is 2. The number of hydrogen-bond donors (Lipinski definition) is 0. The number of halogens is 1. The summed E-state index contributed by atoms with van der Waals surface area (Å²) in [6, 6.07) is 13.6. The first kappa shape index (κ1) is 21.5. The van der Waals surface area contributed by atoms with Crippen molar-refractivity contribution in [3.63, 3.8) is 0 Å². The Kier molecular flexibility index (Phi) is 7.40. The molecule has 2 aromatic rings. The van der Waals surface area contributed by atoms with Crippen LogP contribution in [0.25, 0.3) is 0 Å². The maximum atomic E-state index is 12.9. The molecule has 1 aliphatic rings. The first-order valence-electron chi connectivity index (χ1n) is 10.2. The molecule has 1 amide bonds. The van der Waals surface area contributed by atoms with Gasteiger partial charge in [0.15, 0.2) is 0 Å². The molecule has 0 radical (unpaired) electrons. The highest BCUT2D eigenvalue weighted by Crippen LogP contribution is 2.23. The molecule has 1 atom stereocenters. The van der Waals surface area contributed by atoms with E-state index >= 15 is 0 Å². The first-order valence-corrected chi connectivity index (χ1v) is 10.5. The summed E-state index contributed by atoms with van der Waals surface area (Å²) in [6.45, 7) is 10.0. The number of ether oxygens (including phenoxy) is 2. The summed E-state index contributed by atoms with van der Waals surface area (Å²) < 4.78 is 11.8. The van der Waals surface area contributed by atoms with E-state index < -0.39 is 0 Å². The number of carbonyl (C=O) groups is 1. The smallest absolute Gasteiger partial charge is 0.255 e. The second-order valence-electron chi connectivity index (χ2n) is 7.21. The average Bonchev–Trinajstić information content (AvgIpc) is 2.75. The summed E-state index contributed by atoms with van der Waals surface area (Å²) in [7, 11) is 0. The van der Waals surface area contributed by atoms with Crippen molar-refractivity contribution >= 4 is 23.2 Å². The maximum Gasteiger partial charge on any atom is 0.255 e. The molecule has 1 fully saturated rings. The molecule has 1 saturated heterocycles. The summed E-state index contributed by atoms with van der Waals surface area (Å²) in [6.07, 6.45) is -0.173. The van der Waals surface area contributed by atoms with Gasteiger partial charge < -0.3 is 19.3 Å². The predicted octanol–water partition coefficient (Wildman–Crippen LogP) is 4.41. The lowest BCUT2D eigenvalue weighted by Gasteiger charge is -2.33. The van der Waals surface area contributed by atoms with Gasteiger partial charge in [-0.3, -0.25) is 4.79 Å². The van der Waals surface area contributed by atoms with Crippen molar-refractivity contribution in [3.05, 3.63) is 58.6 Å². The minimum atomic E-state index is -0.173. The third-order valence-electron chi connectivity index (χ3n) is 5.16. The van der Waals surface area contributed by atoms with Gasteiger partial charge in [-0.05, 0) is 45.0 Å². The quantitative estimate of drug-likeness (QED) is 0.670. The van der Waals surface area contributed by atoms with Gasteiger partial charge >= 0.3 is 0 Å². The Morgan fingerprint density at radius 3 is 2.79 bits per heavy atom. The van der Waals surface area contributed by atoms with Crippen LogP contribution < -0.4 is 9.64 Å². The van der Waals surface area contributed by atoms with Gasteiger partial charge in [-0.15, -0.1) is 0 Å². The van der Waals surface area contributed by atoms with Gasteiger partial charge in [-0.25, -0.2) is 0 Å². The number of morpholine rings is 1. The Balaban J connectivity index is 1.61. The van der Waals surface area contributed by atoms with Crippen molar-refractivity contribution in [3.8, 4) is 5.75 Å². The fraction of sp³-hybridized carbons (Fsp3) is 0.435. The SMILES string of the molecule is CCN(CC)c1cccc(OCC2CN(C(=O)c3cc(C)ccc3Cl)CCO2)c1. The molecule has 0 saturated carbocycles. The summed E-state index contributed by atoms with van der Waals surface area (Å²) in [4.78, 5) is 17.0. The Labute approximate surface area is 178 Å². The molecular formula is C23H29ClN2O3. The molecule has 1 heterocycles. The monoisotopic (exact) mass is 416 g/mol. The molecule has 156 valence electrons. The van der Waals surface area contributed by atoms with E-state index in [1.807, 2.05) is 37.3 Å². The number of amides is 1. The molecule has 0 spiro atoms. The summed E-state index contributed by atoms with van der Waals surface area (Å²) in [5, 5.41) is 0.480. The van der Waals surface area contributed by atoms with Gasteiger partial charge in [0.25, 0.3) is 5.91 Å². The van der Waals surface area contributed by atoms with Crippen LogP contribution in [0.2, 0.25) is 5.02 Å². The lowest BCUT2D eigenvalue weighted by molar-refractivity contribution is -0.0401. The van der Waals surface area contributed by atoms with Crippen LogP contribution in [-0.2, 0) is 4.74 Å². The van der Waals surface area contributed by atoms with E-state index in [9.17, 15) is 4.79 Å². The zero-order valence-electron chi connectivity index (χ0n) is 17.4. The van der Waals surface area contributed by atoms with Crippen molar-refractivity contribution in [2.45, 2.75) is 26.9 Å². The Bertz CT molecular complexity index is 839. The fourth-order valence-corrected chi connectivity index (χ4v) is 3.72. The predicted molar refractivity (Wildman–Crippen MR) is 117 cm³/mol. The number of rotatable bonds is 7. The first-order chi connectivity index (χ1) is 14.0. The Morgan fingerprint density at radius 1 is 1.24 bits per heavy atom. The van der Waals surface area contributed by atoms with Crippen LogP contribution in [0.5, 0.6) is 5.75 Å². The Morgan fingerprint density at radius 2 is 2.03 bits per heavy atom. The molecular weight excluding hydrogens is 388 g/mol. The van der Waals surface area contributed by atoms with Gasteiger partial charge in [0.2, 0.25) is 0 Å². The number of aryl methyl sites for hydroxylation is 1. The molecule has 6 heteroatoms. The van der Waals surface area contributed by atoms with Crippen LogP contribution in [0.1, 0.15) is 29.8 Å². The molecule has 0 aliphatic carbocycles. The molecule has 29 heavy (non-hydrogen) atoms. The number of carbonyl (C=O) groups excluding carboxylic acids is 1. The van der Waals surface area contributed by atoms with E-state index in [-0.39, 0.29) is 12.0 Å². The van der Waals surface area contributed by atoms with Crippen LogP contribution >= 0.6 is 11.6 Å². The topological polar surface area (TPSA) is 42.0 Å². The highest BCUT2D eigenvalue weighted by molar-refractivity contribution is 6.33. The van der Waals surface area contributed by atoms with Crippen LogP contribution in [0.3, 0.4) is 0 Å². The minimum absolute atomic E-state index is 0.0597. The van der Waals surface area contributed by atoms with Crippen molar-refractivity contribution in [2.24, 2.45) is 0 Å². The highest BCUT2D eigenvalue weighted by Gasteiger charge is 2.26. The number of anilines is 1. The van der Waals surface area contributed by atoms with Gasteiger partial charge in [0.1, 0.15) is 18.5 Å². The van der Waals surface area contributed by atoms with Gasteiger partial charge in [-0.2, -0.15) is 0 Å². The van der Waals surface area contributed by atoms with E-state index in [1.54, 1.807) is 11.0 Å². The van der Waals surface area contributed by atoms with E-state index in [1.165, 1.54) is 0 Å². The van der Waals surface area contributed by atoms with E-state index in [0.717, 1.165) is 30.1 Å². The molecule has 0 N–H and O–H groups in total. The maximum absolute atomic E-state index is 12.9. The largest absolute Gasteiger partial charge is 0.491 e. The molecule has 0 aromatic heterocycles. The summed E-state index contributed by atoms with van der Waals surface area (Å²) in [5.74, 6) is 0.749. The molecule has 2 aromatic carbocycles. The summed E-state index contributed by atoms with van der Waals surface area (Å²) in [5.41, 5.74) is 2.70. The van der Waals surface area contributed by atoms with Gasteiger partial charge in [-0.1, -0.05) is 29.3 Å². The molecule has 5 nitrogen and oxygen atoms in total. The van der Waals surface area contributed by atoms with Crippen molar-refractivity contribution in [1.29, 1.82) is 0 Å². The number of benzene rings is 2. The fourth-order valence-electron chi connectivity index (χ4n) is 3.53. The Hall–Kier alpha value is -2.24. The van der Waals surface area contributed by atoms with Crippen molar-refractivity contribution < 1.29 is 14.3 Å². The van der Waals surface area contributed by atoms with E-state index in [2.05, 4.69) is 24.8 Å². The normalized spacial score (nSPS) is 16.6. The molecule has 3 rings (SSSR count). The zero-order valence-corrected chi connectivity index (χ0v) is 18.1. The van der Waals surface area contributed by atoms with Gasteiger partial charge in [0, 0.05) is 31.4 Å². The van der Waals surface area contributed by atoms with Crippen molar-refractivity contribution in [1.82, 2.24) is 4.90 Å². The number of hydrogen-bond acceptors (Lipinski definition) is 4. The van der Waals surface area contributed by atoms with E-state index in [4.69, 9.17) is 21.1 Å². The van der Waals surface area contributed by atoms with Crippen LogP contribution in [-0.4, -0.2) is 56.3 Å². The lowest BCUT2D eigenvalue weighted by atomic mass is 10.1. The van der Waals surface area contributed by atoms with Crippen LogP contribution in [0, 0.1) is 6.92 Å². The second kappa shape index (κ2) is 9.99. The van der Waals surface area contributed by atoms with E-state index in [0.29, 0.717) is 36.9 Å². The van der Waals surface area contributed by atoms with Crippen LogP contribution in [0.15, 0.2) is 42.5 Å².